The van der Waals surface area contributed by atoms with E-state index >= 15 is 4.79 Å². The third-order valence-corrected chi connectivity index (χ3v) is 21.1. The highest BCUT2D eigenvalue weighted by atomic mass is 16.8. The first-order valence-corrected chi connectivity index (χ1v) is 30.7. The van der Waals surface area contributed by atoms with Crippen LogP contribution in [0, 0.1) is 28.1 Å². The van der Waals surface area contributed by atoms with E-state index in [0.717, 1.165) is 0 Å². The van der Waals surface area contributed by atoms with Gasteiger partial charge in [-0.15, -0.1) is 0 Å². The maximum atomic E-state index is 15.4. The van der Waals surface area contributed by atoms with Crippen molar-refractivity contribution in [2.75, 3.05) is 39.6 Å². The summed E-state index contributed by atoms with van der Waals surface area (Å²) in [4.78, 5) is 15.4. The number of aliphatic hydroxyl groups is 20. The van der Waals surface area contributed by atoms with E-state index in [1.807, 2.05) is 0 Å². The fraction of sp³-hybridized carbons (Fsp3) is 0.947. The van der Waals surface area contributed by atoms with Gasteiger partial charge in [0, 0.05) is 0 Å². The molecule has 9 rings (SSSR count). The Bertz CT molecular complexity index is 2380. The lowest BCUT2D eigenvalue weighted by atomic mass is 9.42. The van der Waals surface area contributed by atoms with Crippen LogP contribution in [-0.2, 0) is 61.6 Å². The van der Waals surface area contributed by atoms with Crippen LogP contribution >= 0.6 is 0 Å². The van der Waals surface area contributed by atoms with Crippen molar-refractivity contribution in [2.24, 2.45) is 28.1 Å². The summed E-state index contributed by atoms with van der Waals surface area (Å²) in [6.45, 7) is 6.78. The molecule has 0 amide bonds. The molecule has 6 heterocycles. The summed E-state index contributed by atoms with van der Waals surface area (Å²) in [7, 11) is 0. The van der Waals surface area contributed by atoms with Crippen molar-refractivity contribution in [3.63, 3.8) is 0 Å². The second-order valence-corrected chi connectivity index (χ2v) is 26.8. The lowest BCUT2D eigenvalue weighted by Gasteiger charge is -2.62. The maximum absolute atomic E-state index is 15.4. The van der Waals surface area contributed by atoms with E-state index in [4.69, 9.17) is 56.8 Å². The Kier molecular flexibility index (Phi) is 22.9. The molecular formula is C57H94O33. The Labute approximate surface area is 517 Å². The molecule has 3 saturated carbocycles. The van der Waals surface area contributed by atoms with E-state index in [-0.39, 0.29) is 18.8 Å². The minimum absolute atomic E-state index is 0.167. The van der Waals surface area contributed by atoms with Gasteiger partial charge in [0.1, 0.15) is 140 Å². The zero-order chi connectivity index (χ0) is 66.0. The number of ether oxygens (including phenoxy) is 12. The Balaban J connectivity index is 0.998. The van der Waals surface area contributed by atoms with E-state index in [2.05, 4.69) is 20.4 Å². The first kappa shape index (κ1) is 72.2. The van der Waals surface area contributed by atoms with Gasteiger partial charge in [0.2, 0.25) is 6.29 Å². The number of aliphatic hydroxyl groups excluding tert-OH is 20. The van der Waals surface area contributed by atoms with E-state index in [9.17, 15) is 102 Å². The third kappa shape index (κ3) is 13.3. The average Bonchev–Trinajstić information content (AvgIpc) is 1.15. The average molecular weight is 1310 g/mol. The lowest BCUT2D eigenvalue weighted by molar-refractivity contribution is -0.398. The zero-order valence-electron chi connectivity index (χ0n) is 50.3. The predicted octanol–water partition coefficient (Wildman–Crippen LogP) is -8.83. The molecular weight excluding hydrogens is 1210 g/mol. The molecule has 0 radical (unpaired) electrons. The number of fused-ring (bicyclic) bond motifs is 3. The monoisotopic (exact) mass is 1310 g/mol. The molecule has 0 aromatic rings. The predicted molar refractivity (Wildman–Crippen MR) is 291 cm³/mol. The SMILES string of the molecule is C=C1C[C@@]2(C)CCC3[C@](C)(C(=O)OC4OC(CO)C(O)C(OC5OC(CO)C(O)C(O)C5O)C4OC4OC(CO)C(O)C(O)C4O)CCC[C@@]3(C)[C@@H]2CC[C@@]1(C)OC1OC(CO)C(O)C(OC2OC(CO)C(O)C(O)C2O)C1OC1OC(CO)C(O)C(O)C1O. The fourth-order valence-corrected chi connectivity index (χ4v) is 15.7. The molecule has 20 N–H and O–H groups in total. The highest BCUT2D eigenvalue weighted by molar-refractivity contribution is 5.77. The molecule has 36 atom stereocenters. The second-order valence-electron chi connectivity index (χ2n) is 26.8. The first-order valence-electron chi connectivity index (χ1n) is 30.7. The summed E-state index contributed by atoms with van der Waals surface area (Å²) in [5.74, 6) is -1.57. The minimum atomic E-state index is -2.08. The van der Waals surface area contributed by atoms with E-state index in [1.165, 1.54) is 0 Å². The summed E-state index contributed by atoms with van der Waals surface area (Å²) in [5.41, 5.74) is -3.53. The molecule has 0 aromatic carbocycles. The van der Waals surface area contributed by atoms with Crippen molar-refractivity contribution in [1.82, 2.24) is 0 Å². The van der Waals surface area contributed by atoms with Gasteiger partial charge < -0.3 is 159 Å². The van der Waals surface area contributed by atoms with Crippen LogP contribution in [0.2, 0.25) is 0 Å². The Morgan fingerprint density at radius 2 is 0.744 bits per heavy atom. The molecule has 6 saturated heterocycles. The van der Waals surface area contributed by atoms with E-state index < -0.39 is 258 Å². The van der Waals surface area contributed by atoms with Crippen molar-refractivity contribution < 1.29 is 164 Å². The van der Waals surface area contributed by atoms with Crippen molar-refractivity contribution in [1.29, 1.82) is 0 Å². The lowest BCUT2D eigenvalue weighted by Crippen LogP contribution is -2.67. The maximum Gasteiger partial charge on any atom is 0.314 e. The Morgan fingerprint density at radius 3 is 1.13 bits per heavy atom. The van der Waals surface area contributed by atoms with Gasteiger partial charge in [-0.25, -0.2) is 0 Å². The summed E-state index contributed by atoms with van der Waals surface area (Å²) >= 11 is 0. The first-order chi connectivity index (χ1) is 42.4. The molecule has 0 spiro atoms. The number of hydrogen-bond donors (Lipinski definition) is 20. The summed E-state index contributed by atoms with van der Waals surface area (Å²) < 4.78 is 72.7. The molecule has 6 aliphatic heterocycles. The largest absolute Gasteiger partial charge is 0.432 e. The molecule has 3 aliphatic carbocycles. The zero-order valence-corrected chi connectivity index (χ0v) is 50.3. The molecule has 0 aromatic heterocycles. The highest BCUT2D eigenvalue weighted by Gasteiger charge is 2.65. The van der Waals surface area contributed by atoms with E-state index in [0.29, 0.717) is 44.1 Å². The number of hydrogen-bond acceptors (Lipinski definition) is 33. The molecule has 9 fully saturated rings. The van der Waals surface area contributed by atoms with Crippen molar-refractivity contribution in [3.8, 4) is 0 Å². The van der Waals surface area contributed by atoms with Crippen LogP contribution in [0.15, 0.2) is 12.2 Å². The number of rotatable bonds is 18. The van der Waals surface area contributed by atoms with Gasteiger partial charge in [0.05, 0.1) is 50.7 Å². The quantitative estimate of drug-likeness (QED) is 0.0448. The number of carbonyl (C=O) groups excluding carboxylic acids is 1. The van der Waals surface area contributed by atoms with Crippen molar-refractivity contribution in [3.05, 3.63) is 12.2 Å². The molecule has 520 valence electrons. The minimum Gasteiger partial charge on any atom is -0.432 e. The molecule has 9 aliphatic rings. The standard InChI is InChI=1S/C57H94O33/c1-20-13-54(2)11-7-28-55(3,27(54)8-12-57(20,5)90-52-46(88-50-42(77)38(73)32(67)24(17-61)82-50)44(34(69)26(19-63)84-52)86-48-40(75)36(71)30(65)22(15-59)80-48)9-6-10-56(28,4)53(78)89-51-45(87-49-41(76)37(72)31(66)23(16-60)81-49)43(33(68)25(18-62)83-51)85-47-39(74)35(70)29(64)21(14-58)79-47/h21-52,58-77H,1,6-19H2,2-5H3/t21?,22?,23?,24?,25?,26?,27-,28?,29?,30?,31?,32?,33?,34?,35?,36?,37?,38?,39?,40?,41?,42?,43?,44?,45?,46?,47?,48?,49?,50?,51?,52?,54-,55+,56-,57-/m1/s1. The number of carbonyl (C=O) groups is 1. The smallest absolute Gasteiger partial charge is 0.314 e. The van der Waals surface area contributed by atoms with Gasteiger partial charge in [0.15, 0.2) is 37.6 Å². The van der Waals surface area contributed by atoms with Crippen LogP contribution in [0.5, 0.6) is 0 Å². The van der Waals surface area contributed by atoms with Gasteiger partial charge in [-0.2, -0.15) is 0 Å². The normalized spacial score (nSPS) is 53.7. The van der Waals surface area contributed by atoms with Crippen LogP contribution < -0.4 is 0 Å². The second kappa shape index (κ2) is 28.6. The highest BCUT2D eigenvalue weighted by Crippen LogP contribution is 2.68. The molecule has 0 bridgehead atoms. The van der Waals surface area contributed by atoms with Crippen LogP contribution in [0.4, 0.5) is 0 Å². The molecule has 90 heavy (non-hydrogen) atoms. The molecule has 31 unspecified atom stereocenters. The van der Waals surface area contributed by atoms with Gasteiger partial charge in [0.25, 0.3) is 0 Å². The van der Waals surface area contributed by atoms with Crippen LogP contribution in [0.3, 0.4) is 0 Å². The summed E-state index contributed by atoms with van der Waals surface area (Å²) in [6, 6.07) is 0. The Hall–Kier alpha value is -2.03. The summed E-state index contributed by atoms with van der Waals surface area (Å²) in [5, 5.41) is 215. The van der Waals surface area contributed by atoms with Gasteiger partial charge >= 0.3 is 5.97 Å². The fourth-order valence-electron chi connectivity index (χ4n) is 15.7. The van der Waals surface area contributed by atoms with Crippen molar-refractivity contribution in [2.45, 2.75) is 269 Å². The van der Waals surface area contributed by atoms with Crippen LogP contribution in [-0.4, -0.2) is 338 Å². The number of esters is 1. The van der Waals surface area contributed by atoms with Gasteiger partial charge in [-0.1, -0.05) is 26.8 Å². The van der Waals surface area contributed by atoms with Gasteiger partial charge in [-0.3, -0.25) is 4.79 Å². The van der Waals surface area contributed by atoms with Crippen LogP contribution in [0.25, 0.3) is 0 Å². The Morgan fingerprint density at radius 1 is 0.411 bits per heavy atom. The molecule has 33 nitrogen and oxygen atoms in total. The third-order valence-electron chi connectivity index (χ3n) is 21.1. The molecule has 33 heteroatoms. The van der Waals surface area contributed by atoms with Crippen molar-refractivity contribution >= 4 is 5.97 Å². The van der Waals surface area contributed by atoms with Crippen LogP contribution in [0.1, 0.15) is 79.1 Å². The topological polar surface area (TPSA) is 532 Å². The summed E-state index contributed by atoms with van der Waals surface area (Å²) in [6.07, 6.45) is -52.8. The van der Waals surface area contributed by atoms with Gasteiger partial charge in [-0.05, 0) is 87.0 Å². The van der Waals surface area contributed by atoms with E-state index in [1.54, 1.807) is 13.8 Å².